The van der Waals surface area contributed by atoms with E-state index in [2.05, 4.69) is 32.3 Å². The Bertz CT molecular complexity index is 1230. The van der Waals surface area contributed by atoms with Crippen LogP contribution in [0.1, 0.15) is 39.6 Å². The lowest BCUT2D eigenvalue weighted by Gasteiger charge is -2.23. The average Bonchev–Trinajstić information content (AvgIpc) is 3.13. The molecule has 0 radical (unpaired) electrons. The molecule has 0 fully saturated rings. The number of hydrogen-bond acceptors (Lipinski definition) is 8. The molecule has 0 aliphatic carbocycles. The highest BCUT2D eigenvalue weighted by atomic mass is 32.2. The molecule has 148 valence electrons. The summed E-state index contributed by atoms with van der Waals surface area (Å²) in [5.41, 5.74) is 10.9. The molecular formula is C21H17N7OS. The highest BCUT2D eigenvalue weighted by molar-refractivity contribution is 7.98. The van der Waals surface area contributed by atoms with E-state index in [9.17, 15) is 10.5 Å². The van der Waals surface area contributed by atoms with Crippen molar-refractivity contribution in [3.63, 3.8) is 0 Å². The maximum atomic E-state index is 9.71. The number of rotatable bonds is 4. The molecule has 0 saturated carbocycles. The van der Waals surface area contributed by atoms with E-state index in [0.29, 0.717) is 27.8 Å². The number of nitriles is 2. The van der Waals surface area contributed by atoms with Gasteiger partial charge in [0.1, 0.15) is 22.7 Å². The van der Waals surface area contributed by atoms with Gasteiger partial charge in [0.2, 0.25) is 11.8 Å². The zero-order chi connectivity index (χ0) is 21.3. The number of allylic oxidation sites excluding steroid dienone is 1. The molecule has 4 rings (SSSR count). The SMILES string of the molecule is Cc1cc(C)c(C#N)c(SCc2[nH]nc3c2C(c2cccnc2)C(C#N)=C(N)O3)n1. The lowest BCUT2D eigenvalue weighted by Crippen LogP contribution is -2.21. The fraction of sp³-hybridized carbons (Fsp3) is 0.190. The third-order valence-corrected chi connectivity index (χ3v) is 5.81. The Labute approximate surface area is 177 Å². The Morgan fingerprint density at radius 1 is 1.30 bits per heavy atom. The lowest BCUT2D eigenvalue weighted by molar-refractivity contribution is 0.378. The van der Waals surface area contributed by atoms with Crippen molar-refractivity contribution in [2.75, 3.05) is 0 Å². The maximum Gasteiger partial charge on any atom is 0.244 e. The summed E-state index contributed by atoms with van der Waals surface area (Å²) in [6, 6.07) is 9.98. The molecule has 0 spiro atoms. The fourth-order valence-corrected chi connectivity index (χ4v) is 4.54. The number of aromatic nitrogens is 4. The summed E-state index contributed by atoms with van der Waals surface area (Å²) in [5, 5.41) is 27.1. The second kappa shape index (κ2) is 7.90. The first-order valence-electron chi connectivity index (χ1n) is 9.09. The van der Waals surface area contributed by atoms with Crippen LogP contribution in [0.25, 0.3) is 0 Å². The van der Waals surface area contributed by atoms with E-state index in [1.165, 1.54) is 11.8 Å². The summed E-state index contributed by atoms with van der Waals surface area (Å²) in [4.78, 5) is 8.70. The van der Waals surface area contributed by atoms with E-state index in [-0.39, 0.29) is 5.88 Å². The molecule has 1 unspecified atom stereocenters. The highest BCUT2D eigenvalue weighted by Gasteiger charge is 2.35. The lowest BCUT2D eigenvalue weighted by atomic mass is 9.85. The van der Waals surface area contributed by atoms with E-state index < -0.39 is 5.92 Å². The van der Waals surface area contributed by atoms with Crippen LogP contribution in [-0.4, -0.2) is 20.2 Å². The molecule has 1 aliphatic rings. The second-order valence-electron chi connectivity index (χ2n) is 6.79. The molecular weight excluding hydrogens is 398 g/mol. The van der Waals surface area contributed by atoms with Gasteiger partial charge in [-0.15, -0.1) is 5.10 Å². The van der Waals surface area contributed by atoms with Gasteiger partial charge in [-0.25, -0.2) is 4.98 Å². The quantitative estimate of drug-likeness (QED) is 0.620. The molecule has 3 aromatic heterocycles. The minimum Gasteiger partial charge on any atom is -0.420 e. The van der Waals surface area contributed by atoms with Crippen molar-refractivity contribution in [2.24, 2.45) is 5.73 Å². The van der Waals surface area contributed by atoms with Crippen LogP contribution in [0.4, 0.5) is 0 Å². The summed E-state index contributed by atoms with van der Waals surface area (Å²) in [5.74, 6) is 0.396. The Balaban J connectivity index is 1.74. The predicted molar refractivity (Wildman–Crippen MR) is 110 cm³/mol. The number of pyridine rings is 2. The van der Waals surface area contributed by atoms with E-state index >= 15 is 0 Å². The predicted octanol–water partition coefficient (Wildman–Crippen LogP) is 3.20. The number of fused-ring (bicyclic) bond motifs is 1. The monoisotopic (exact) mass is 415 g/mol. The van der Waals surface area contributed by atoms with E-state index in [0.717, 1.165) is 28.1 Å². The van der Waals surface area contributed by atoms with Crippen molar-refractivity contribution in [1.29, 1.82) is 10.5 Å². The molecule has 3 N–H and O–H groups in total. The molecule has 0 aromatic carbocycles. The largest absolute Gasteiger partial charge is 0.420 e. The Hall–Kier alpha value is -3.82. The molecule has 3 aromatic rings. The number of aromatic amines is 1. The average molecular weight is 415 g/mol. The van der Waals surface area contributed by atoms with Crippen molar-refractivity contribution >= 4 is 11.8 Å². The van der Waals surface area contributed by atoms with Crippen LogP contribution >= 0.6 is 11.8 Å². The molecule has 9 heteroatoms. The number of thioether (sulfide) groups is 1. The zero-order valence-corrected chi connectivity index (χ0v) is 17.1. The maximum absolute atomic E-state index is 9.71. The molecule has 0 amide bonds. The van der Waals surface area contributed by atoms with Crippen LogP contribution in [-0.2, 0) is 5.75 Å². The van der Waals surface area contributed by atoms with Gasteiger partial charge in [-0.3, -0.25) is 10.1 Å². The molecule has 8 nitrogen and oxygen atoms in total. The van der Waals surface area contributed by atoms with Gasteiger partial charge in [-0.2, -0.15) is 10.5 Å². The van der Waals surface area contributed by atoms with E-state index in [1.54, 1.807) is 12.4 Å². The minimum absolute atomic E-state index is 0.0345. The minimum atomic E-state index is -0.440. The van der Waals surface area contributed by atoms with Gasteiger partial charge in [0, 0.05) is 23.8 Å². The zero-order valence-electron chi connectivity index (χ0n) is 16.3. The first kappa shape index (κ1) is 19.5. The van der Waals surface area contributed by atoms with Crippen LogP contribution in [0.3, 0.4) is 0 Å². The third-order valence-electron chi connectivity index (χ3n) is 4.81. The fourth-order valence-electron chi connectivity index (χ4n) is 3.48. The van der Waals surface area contributed by atoms with Crippen LogP contribution in [0, 0.1) is 36.5 Å². The number of ether oxygens (including phenoxy) is 1. The van der Waals surface area contributed by atoms with Gasteiger partial charge in [-0.1, -0.05) is 17.8 Å². The van der Waals surface area contributed by atoms with E-state index in [4.69, 9.17) is 10.5 Å². The van der Waals surface area contributed by atoms with Gasteiger partial charge in [-0.05, 0) is 37.1 Å². The van der Waals surface area contributed by atoms with Gasteiger partial charge < -0.3 is 10.5 Å². The van der Waals surface area contributed by atoms with Gasteiger partial charge >= 0.3 is 0 Å². The van der Waals surface area contributed by atoms with Crippen LogP contribution in [0.15, 0.2) is 47.1 Å². The third kappa shape index (κ3) is 3.36. The van der Waals surface area contributed by atoms with Gasteiger partial charge in [0.05, 0.1) is 22.7 Å². The molecule has 0 saturated heterocycles. The first-order chi connectivity index (χ1) is 14.5. The Morgan fingerprint density at radius 3 is 2.83 bits per heavy atom. The summed E-state index contributed by atoms with van der Waals surface area (Å²) in [6.07, 6.45) is 3.37. The summed E-state index contributed by atoms with van der Waals surface area (Å²) in [7, 11) is 0. The molecule has 1 atom stereocenters. The van der Waals surface area contributed by atoms with Crippen LogP contribution in [0.2, 0.25) is 0 Å². The highest BCUT2D eigenvalue weighted by Crippen LogP contribution is 2.43. The molecule has 0 bridgehead atoms. The van der Waals surface area contributed by atoms with Crippen LogP contribution in [0.5, 0.6) is 5.88 Å². The first-order valence-corrected chi connectivity index (χ1v) is 10.1. The van der Waals surface area contributed by atoms with E-state index in [1.807, 2.05) is 32.0 Å². The van der Waals surface area contributed by atoms with Crippen molar-refractivity contribution < 1.29 is 4.74 Å². The summed E-state index contributed by atoms with van der Waals surface area (Å²) in [6.45, 7) is 3.80. The number of nitrogens with one attached hydrogen (secondary N) is 1. The van der Waals surface area contributed by atoms with Gasteiger partial charge in [0.25, 0.3) is 0 Å². The molecule has 30 heavy (non-hydrogen) atoms. The van der Waals surface area contributed by atoms with Crippen molar-refractivity contribution in [1.82, 2.24) is 20.2 Å². The van der Waals surface area contributed by atoms with Crippen molar-refractivity contribution in [2.45, 2.75) is 30.5 Å². The second-order valence-corrected chi connectivity index (χ2v) is 7.76. The number of H-pyrrole nitrogens is 1. The Morgan fingerprint density at radius 2 is 2.13 bits per heavy atom. The normalized spacial score (nSPS) is 15.1. The number of nitrogens with two attached hydrogens (primary N) is 1. The van der Waals surface area contributed by atoms with Crippen molar-refractivity contribution in [3.05, 3.63) is 75.7 Å². The standard InChI is InChI=1S/C21H17N7OS/c1-11-6-12(2)26-21(14(11)7-22)30-10-16-18-17(13-4-3-5-25-9-13)15(8-23)19(24)29-20(18)28-27-16/h3-6,9,17H,10,24H2,1-2H3,(H,27,28). The number of aryl methyl sites for hydroxylation is 2. The molecule has 1 aliphatic heterocycles. The molecule has 4 heterocycles. The smallest absolute Gasteiger partial charge is 0.244 e. The number of nitrogens with zero attached hydrogens (tertiary/aromatic N) is 5. The number of hydrogen-bond donors (Lipinski definition) is 2. The van der Waals surface area contributed by atoms with Gasteiger partial charge in [0.15, 0.2) is 0 Å². The summed E-state index contributed by atoms with van der Waals surface area (Å²) < 4.78 is 5.60. The summed E-state index contributed by atoms with van der Waals surface area (Å²) >= 11 is 1.43. The van der Waals surface area contributed by atoms with Crippen molar-refractivity contribution in [3.8, 4) is 18.0 Å². The van der Waals surface area contributed by atoms with Crippen LogP contribution < -0.4 is 10.5 Å². The Kier molecular flexibility index (Phi) is 5.13. The topological polar surface area (TPSA) is 137 Å².